The fourth-order valence-electron chi connectivity index (χ4n) is 1.45. The molecule has 0 aliphatic carbocycles. The molecule has 0 spiro atoms. The van der Waals surface area contributed by atoms with E-state index < -0.39 is 0 Å². The highest BCUT2D eigenvalue weighted by Gasteiger charge is 2.09. The number of aryl methyl sites for hydroxylation is 1. The minimum atomic E-state index is 0.983. The zero-order valence-corrected chi connectivity index (χ0v) is 9.21. The van der Waals surface area contributed by atoms with Gasteiger partial charge in [0.15, 0.2) is 5.06 Å². The Morgan fingerprint density at radius 2 is 2.15 bits per heavy atom. The number of thiophene rings is 1. The first-order valence-corrected chi connectivity index (χ1v) is 5.25. The molecule has 0 N–H and O–H groups in total. The van der Waals surface area contributed by atoms with Gasteiger partial charge < -0.3 is 4.74 Å². The van der Waals surface area contributed by atoms with Crippen LogP contribution in [0.25, 0.3) is 10.1 Å². The lowest BCUT2D eigenvalue weighted by Gasteiger charge is -1.96. The van der Waals surface area contributed by atoms with Crippen LogP contribution in [0, 0.1) is 6.92 Å². The normalized spacial score (nSPS) is 10.7. The molecule has 13 heavy (non-hydrogen) atoms. The molecule has 0 radical (unpaired) electrons. The predicted octanol–water partition coefficient (Wildman–Crippen LogP) is 3.51. The van der Waals surface area contributed by atoms with E-state index in [1.807, 2.05) is 12.1 Å². The van der Waals surface area contributed by atoms with Crippen LogP contribution in [-0.4, -0.2) is 7.11 Å². The van der Waals surface area contributed by atoms with Crippen LogP contribution >= 0.6 is 24.0 Å². The molecule has 0 saturated heterocycles. The summed E-state index contributed by atoms with van der Waals surface area (Å²) >= 11 is 6.09. The van der Waals surface area contributed by atoms with E-state index in [0.717, 1.165) is 9.96 Å². The molecular weight excluding hydrogens is 200 g/mol. The highest BCUT2D eigenvalue weighted by atomic mass is 32.1. The Bertz CT molecular complexity index is 445. The van der Waals surface area contributed by atoms with Crippen molar-refractivity contribution in [3.05, 3.63) is 23.8 Å². The maximum atomic E-state index is 5.27. The van der Waals surface area contributed by atoms with Gasteiger partial charge in [0.05, 0.1) is 7.11 Å². The summed E-state index contributed by atoms with van der Waals surface area (Å²) in [4.78, 5) is 1.02. The number of hydrogen-bond donors (Lipinski definition) is 1. The van der Waals surface area contributed by atoms with E-state index >= 15 is 0 Å². The summed E-state index contributed by atoms with van der Waals surface area (Å²) in [5.74, 6) is 0. The van der Waals surface area contributed by atoms with Crippen molar-refractivity contribution in [2.24, 2.45) is 0 Å². The number of thiol groups is 1. The third-order valence-corrected chi connectivity index (χ3v) is 3.66. The second-order valence-electron chi connectivity index (χ2n) is 2.87. The molecule has 0 aliphatic rings. The summed E-state index contributed by atoms with van der Waals surface area (Å²) in [6, 6.07) is 6.11. The summed E-state index contributed by atoms with van der Waals surface area (Å²) in [7, 11) is 1.70. The van der Waals surface area contributed by atoms with E-state index in [1.54, 1.807) is 18.4 Å². The lowest BCUT2D eigenvalue weighted by molar-refractivity contribution is 0.425. The van der Waals surface area contributed by atoms with Crippen molar-refractivity contribution < 1.29 is 4.74 Å². The molecule has 0 unspecified atom stereocenters. The van der Waals surface area contributed by atoms with Crippen molar-refractivity contribution in [2.75, 3.05) is 7.11 Å². The summed E-state index contributed by atoms with van der Waals surface area (Å²) in [6.07, 6.45) is 0. The second kappa shape index (κ2) is 3.24. The molecule has 0 saturated carbocycles. The molecule has 0 bridgehead atoms. The van der Waals surface area contributed by atoms with Gasteiger partial charge in [-0.1, -0.05) is 17.4 Å². The summed E-state index contributed by atoms with van der Waals surface area (Å²) in [6.45, 7) is 2.07. The lowest BCUT2D eigenvalue weighted by Crippen LogP contribution is -1.79. The van der Waals surface area contributed by atoms with Crippen LogP contribution in [0.4, 0.5) is 0 Å². The van der Waals surface area contributed by atoms with Crippen LogP contribution in [-0.2, 0) is 0 Å². The molecule has 3 heteroatoms. The fourth-order valence-corrected chi connectivity index (χ4v) is 2.95. The molecule has 1 heterocycles. The van der Waals surface area contributed by atoms with Crippen LogP contribution in [0.2, 0.25) is 0 Å². The van der Waals surface area contributed by atoms with Gasteiger partial charge in [0, 0.05) is 20.5 Å². The smallest absolute Gasteiger partial charge is 0.177 e. The number of fused-ring (bicyclic) bond motifs is 1. The zero-order chi connectivity index (χ0) is 9.42. The van der Waals surface area contributed by atoms with Gasteiger partial charge in [-0.25, -0.2) is 0 Å². The van der Waals surface area contributed by atoms with Crippen LogP contribution in [0.3, 0.4) is 0 Å². The van der Waals surface area contributed by atoms with Crippen molar-refractivity contribution in [3.63, 3.8) is 0 Å². The van der Waals surface area contributed by atoms with Crippen LogP contribution in [0.15, 0.2) is 23.1 Å². The molecule has 1 aromatic carbocycles. The van der Waals surface area contributed by atoms with Gasteiger partial charge in [-0.3, -0.25) is 0 Å². The van der Waals surface area contributed by atoms with Crippen molar-refractivity contribution in [2.45, 2.75) is 11.8 Å². The Hall–Kier alpha value is -0.670. The maximum Gasteiger partial charge on any atom is 0.177 e. The van der Waals surface area contributed by atoms with Crippen LogP contribution in [0.1, 0.15) is 5.56 Å². The number of hydrogen-bond acceptors (Lipinski definition) is 3. The Morgan fingerprint density at radius 3 is 2.77 bits per heavy atom. The van der Waals surface area contributed by atoms with Crippen molar-refractivity contribution in [1.82, 2.24) is 0 Å². The number of benzene rings is 1. The van der Waals surface area contributed by atoms with Gasteiger partial charge in [-0.2, -0.15) is 0 Å². The monoisotopic (exact) mass is 210 g/mol. The first-order chi connectivity index (χ1) is 6.24. The summed E-state index contributed by atoms with van der Waals surface area (Å²) < 4.78 is 6.51. The molecule has 0 aliphatic heterocycles. The average molecular weight is 210 g/mol. The lowest BCUT2D eigenvalue weighted by atomic mass is 10.2. The SMILES string of the molecule is COc1sc2cccc(S)c2c1C. The van der Waals surface area contributed by atoms with Crippen LogP contribution in [0.5, 0.6) is 5.06 Å². The molecule has 1 aromatic heterocycles. The van der Waals surface area contributed by atoms with E-state index in [-0.39, 0.29) is 0 Å². The summed E-state index contributed by atoms with van der Waals surface area (Å²) in [5, 5.41) is 2.20. The topological polar surface area (TPSA) is 9.23 Å². The summed E-state index contributed by atoms with van der Waals surface area (Å²) in [5.41, 5.74) is 1.19. The molecular formula is C10H10OS2. The van der Waals surface area contributed by atoms with Crippen molar-refractivity contribution >= 4 is 34.1 Å². The quantitative estimate of drug-likeness (QED) is 0.709. The molecule has 0 fully saturated rings. The highest BCUT2D eigenvalue weighted by Crippen LogP contribution is 2.39. The first kappa shape index (κ1) is 8.91. The minimum absolute atomic E-state index is 0.983. The van der Waals surface area contributed by atoms with E-state index in [2.05, 4.69) is 25.6 Å². The number of ether oxygens (including phenoxy) is 1. The second-order valence-corrected chi connectivity index (χ2v) is 4.37. The van der Waals surface area contributed by atoms with Gasteiger partial charge in [0.1, 0.15) is 0 Å². The molecule has 2 rings (SSSR count). The van der Waals surface area contributed by atoms with Gasteiger partial charge in [0.25, 0.3) is 0 Å². The zero-order valence-electron chi connectivity index (χ0n) is 7.50. The Labute approximate surface area is 86.8 Å². The van der Waals surface area contributed by atoms with Crippen molar-refractivity contribution in [3.8, 4) is 5.06 Å². The van der Waals surface area contributed by atoms with Crippen molar-refractivity contribution in [1.29, 1.82) is 0 Å². The predicted molar refractivity (Wildman–Crippen MR) is 60.4 cm³/mol. The van der Waals surface area contributed by atoms with E-state index in [0.29, 0.717) is 0 Å². The molecule has 0 amide bonds. The first-order valence-electron chi connectivity index (χ1n) is 3.99. The number of rotatable bonds is 1. The van der Waals surface area contributed by atoms with Gasteiger partial charge in [-0.05, 0) is 19.1 Å². The van der Waals surface area contributed by atoms with Gasteiger partial charge in [-0.15, -0.1) is 12.6 Å². The van der Waals surface area contributed by atoms with Gasteiger partial charge in [0.2, 0.25) is 0 Å². The third kappa shape index (κ3) is 1.32. The Kier molecular flexibility index (Phi) is 2.22. The Morgan fingerprint density at radius 1 is 1.38 bits per heavy atom. The standard InChI is InChI=1S/C10H10OS2/c1-6-9-7(12)4-3-5-8(9)13-10(6)11-2/h3-5,12H,1-2H3. The Balaban J connectivity index is 2.85. The van der Waals surface area contributed by atoms with E-state index in [9.17, 15) is 0 Å². The fraction of sp³-hybridized carbons (Fsp3) is 0.200. The minimum Gasteiger partial charge on any atom is -0.487 e. The largest absolute Gasteiger partial charge is 0.487 e. The average Bonchev–Trinajstić information content (AvgIpc) is 2.44. The molecule has 68 valence electrons. The molecule has 1 nitrogen and oxygen atoms in total. The highest BCUT2D eigenvalue weighted by molar-refractivity contribution is 7.80. The maximum absolute atomic E-state index is 5.27. The molecule has 0 atom stereocenters. The third-order valence-electron chi connectivity index (χ3n) is 2.07. The molecule has 2 aromatic rings. The van der Waals surface area contributed by atoms with Crippen LogP contribution < -0.4 is 4.74 Å². The van der Waals surface area contributed by atoms with Gasteiger partial charge >= 0.3 is 0 Å². The van der Waals surface area contributed by atoms with E-state index in [1.165, 1.54) is 15.6 Å². The number of methoxy groups -OCH3 is 1. The van der Waals surface area contributed by atoms with E-state index in [4.69, 9.17) is 4.74 Å².